The summed E-state index contributed by atoms with van der Waals surface area (Å²) in [4.78, 5) is 2.82. The monoisotopic (exact) mass is 165 g/mol. The summed E-state index contributed by atoms with van der Waals surface area (Å²) in [5.74, 6) is 1.12. The van der Waals surface area contributed by atoms with Crippen LogP contribution in [0.25, 0.3) is 0 Å². The molecule has 1 heterocycles. The molecular formula is C11H19N. The lowest BCUT2D eigenvalue weighted by Gasteiger charge is -2.37. The van der Waals surface area contributed by atoms with Crippen LogP contribution < -0.4 is 0 Å². The maximum atomic E-state index is 2.82. The number of fused-ring (bicyclic) bond motifs is 2. The van der Waals surface area contributed by atoms with Gasteiger partial charge in [-0.25, -0.2) is 0 Å². The van der Waals surface area contributed by atoms with Crippen molar-refractivity contribution in [2.24, 2.45) is 5.92 Å². The van der Waals surface area contributed by atoms with Gasteiger partial charge in [0.2, 0.25) is 0 Å². The first-order valence-electron chi connectivity index (χ1n) is 5.64. The number of rotatable bonds is 1. The first kappa shape index (κ1) is 7.37. The van der Waals surface area contributed by atoms with Crippen LogP contribution in [0.15, 0.2) is 0 Å². The largest absolute Gasteiger partial charge is 0.298 e. The highest BCUT2D eigenvalue weighted by Gasteiger charge is 2.48. The number of hydrogen-bond acceptors (Lipinski definition) is 1. The molecule has 1 saturated heterocycles. The third-order valence-electron chi connectivity index (χ3n) is 4.48. The van der Waals surface area contributed by atoms with Crippen molar-refractivity contribution in [3.63, 3.8) is 0 Å². The summed E-state index contributed by atoms with van der Waals surface area (Å²) in [7, 11) is 0. The highest BCUT2D eigenvalue weighted by Crippen LogP contribution is 2.51. The van der Waals surface area contributed by atoms with E-state index in [0.29, 0.717) is 0 Å². The molecule has 1 nitrogen and oxygen atoms in total. The molecule has 0 N–H and O–H groups in total. The predicted octanol–water partition coefficient (Wildman–Crippen LogP) is 2.41. The zero-order valence-corrected chi connectivity index (χ0v) is 7.89. The molecular weight excluding hydrogens is 146 g/mol. The summed E-state index contributed by atoms with van der Waals surface area (Å²) in [6.45, 7) is 2.82. The molecule has 0 spiro atoms. The van der Waals surface area contributed by atoms with Crippen LogP contribution in [0.4, 0.5) is 0 Å². The Labute approximate surface area is 75.1 Å². The highest BCUT2D eigenvalue weighted by molar-refractivity contribution is 5.04. The van der Waals surface area contributed by atoms with Gasteiger partial charge in [0.15, 0.2) is 0 Å². The van der Waals surface area contributed by atoms with Crippen molar-refractivity contribution in [2.45, 2.75) is 50.5 Å². The van der Waals surface area contributed by atoms with Crippen LogP contribution in [-0.4, -0.2) is 23.5 Å². The molecule has 0 aromatic rings. The standard InChI is InChI=1S/C11H19N/c1-2-8-12(7-1)11-5-3-10(9-11)4-6-11/h10H,1-9H2. The fraction of sp³-hybridized carbons (Fsp3) is 1.00. The van der Waals surface area contributed by atoms with E-state index in [4.69, 9.17) is 0 Å². The van der Waals surface area contributed by atoms with E-state index in [1.165, 1.54) is 51.6 Å². The molecule has 3 rings (SSSR count). The molecule has 0 unspecified atom stereocenters. The molecule has 1 heteroatoms. The Morgan fingerprint density at radius 2 is 1.67 bits per heavy atom. The summed E-state index contributed by atoms with van der Waals surface area (Å²) in [5, 5.41) is 0. The van der Waals surface area contributed by atoms with E-state index in [2.05, 4.69) is 4.90 Å². The van der Waals surface area contributed by atoms with Gasteiger partial charge >= 0.3 is 0 Å². The van der Waals surface area contributed by atoms with Crippen LogP contribution in [0.3, 0.4) is 0 Å². The van der Waals surface area contributed by atoms with E-state index < -0.39 is 0 Å². The van der Waals surface area contributed by atoms with Crippen LogP contribution in [-0.2, 0) is 0 Å². The minimum absolute atomic E-state index is 0.723. The van der Waals surface area contributed by atoms with Gasteiger partial charge in [-0.05, 0) is 64.0 Å². The zero-order chi connectivity index (χ0) is 8.02. The lowest BCUT2D eigenvalue weighted by Crippen LogP contribution is -2.43. The maximum absolute atomic E-state index is 2.82. The molecule has 1 aliphatic heterocycles. The van der Waals surface area contributed by atoms with Crippen molar-refractivity contribution < 1.29 is 0 Å². The number of nitrogens with zero attached hydrogens (tertiary/aromatic N) is 1. The van der Waals surface area contributed by atoms with Gasteiger partial charge in [-0.1, -0.05) is 0 Å². The van der Waals surface area contributed by atoms with Crippen molar-refractivity contribution in [1.82, 2.24) is 4.90 Å². The van der Waals surface area contributed by atoms with Crippen LogP contribution in [0.5, 0.6) is 0 Å². The summed E-state index contributed by atoms with van der Waals surface area (Å²) in [6.07, 6.45) is 10.6. The molecule has 0 aromatic heterocycles. The van der Waals surface area contributed by atoms with Crippen molar-refractivity contribution >= 4 is 0 Å². The summed E-state index contributed by atoms with van der Waals surface area (Å²) in [5.41, 5.74) is 0.723. The Hall–Kier alpha value is -0.0400. The van der Waals surface area contributed by atoms with Gasteiger partial charge in [0.05, 0.1) is 0 Å². The third kappa shape index (κ3) is 0.891. The van der Waals surface area contributed by atoms with Crippen molar-refractivity contribution in [3.8, 4) is 0 Å². The summed E-state index contributed by atoms with van der Waals surface area (Å²) >= 11 is 0. The van der Waals surface area contributed by atoms with Crippen LogP contribution in [0.1, 0.15) is 44.9 Å². The average Bonchev–Trinajstić information content (AvgIpc) is 2.82. The van der Waals surface area contributed by atoms with Crippen LogP contribution >= 0.6 is 0 Å². The van der Waals surface area contributed by atoms with E-state index in [1.54, 1.807) is 6.42 Å². The van der Waals surface area contributed by atoms with Crippen LogP contribution in [0.2, 0.25) is 0 Å². The van der Waals surface area contributed by atoms with Crippen LogP contribution in [0, 0.1) is 5.92 Å². The second-order valence-corrected chi connectivity index (χ2v) is 5.07. The van der Waals surface area contributed by atoms with Gasteiger partial charge in [-0.2, -0.15) is 0 Å². The van der Waals surface area contributed by atoms with Gasteiger partial charge in [0.25, 0.3) is 0 Å². The molecule has 68 valence electrons. The van der Waals surface area contributed by atoms with E-state index in [-0.39, 0.29) is 0 Å². The van der Waals surface area contributed by atoms with Crippen molar-refractivity contribution in [2.75, 3.05) is 13.1 Å². The lowest BCUT2D eigenvalue weighted by atomic mass is 9.92. The molecule has 2 saturated carbocycles. The Bertz CT molecular complexity index is 173. The molecule has 2 bridgehead atoms. The summed E-state index contributed by atoms with van der Waals surface area (Å²) in [6, 6.07) is 0. The van der Waals surface area contributed by atoms with Crippen molar-refractivity contribution in [1.29, 1.82) is 0 Å². The molecule has 3 aliphatic rings. The molecule has 0 amide bonds. The van der Waals surface area contributed by atoms with Gasteiger partial charge in [0.1, 0.15) is 0 Å². The minimum atomic E-state index is 0.723. The Kier molecular flexibility index (Phi) is 1.52. The average molecular weight is 165 g/mol. The van der Waals surface area contributed by atoms with E-state index >= 15 is 0 Å². The SMILES string of the molecule is C1CCN(C23CCC(CC2)C3)C1. The molecule has 0 radical (unpaired) electrons. The second kappa shape index (κ2) is 2.47. The predicted molar refractivity (Wildman–Crippen MR) is 50.1 cm³/mol. The second-order valence-electron chi connectivity index (χ2n) is 5.07. The van der Waals surface area contributed by atoms with Gasteiger partial charge < -0.3 is 0 Å². The molecule has 12 heavy (non-hydrogen) atoms. The van der Waals surface area contributed by atoms with E-state index in [9.17, 15) is 0 Å². The normalized spacial score (nSPS) is 47.5. The first-order chi connectivity index (χ1) is 5.89. The number of hydrogen-bond donors (Lipinski definition) is 0. The third-order valence-corrected chi connectivity index (χ3v) is 4.48. The number of likely N-dealkylation sites (tertiary alicyclic amines) is 1. The molecule has 0 aromatic carbocycles. The van der Waals surface area contributed by atoms with Gasteiger partial charge in [-0.3, -0.25) is 4.90 Å². The first-order valence-corrected chi connectivity index (χ1v) is 5.64. The Balaban J connectivity index is 1.80. The molecule has 3 fully saturated rings. The van der Waals surface area contributed by atoms with Crippen molar-refractivity contribution in [3.05, 3.63) is 0 Å². The fourth-order valence-electron chi connectivity index (χ4n) is 3.80. The van der Waals surface area contributed by atoms with Gasteiger partial charge in [-0.15, -0.1) is 0 Å². The molecule has 2 aliphatic carbocycles. The quantitative estimate of drug-likeness (QED) is 0.577. The molecule has 0 atom stereocenters. The maximum Gasteiger partial charge on any atom is 0.0212 e. The smallest absolute Gasteiger partial charge is 0.0212 e. The zero-order valence-electron chi connectivity index (χ0n) is 7.89. The van der Waals surface area contributed by atoms with Gasteiger partial charge in [0, 0.05) is 5.54 Å². The fourth-order valence-corrected chi connectivity index (χ4v) is 3.80. The Morgan fingerprint density at radius 1 is 1.00 bits per heavy atom. The summed E-state index contributed by atoms with van der Waals surface area (Å²) < 4.78 is 0. The lowest BCUT2D eigenvalue weighted by molar-refractivity contribution is 0.125. The van der Waals surface area contributed by atoms with E-state index in [0.717, 1.165) is 11.5 Å². The minimum Gasteiger partial charge on any atom is -0.298 e. The topological polar surface area (TPSA) is 3.24 Å². The highest BCUT2D eigenvalue weighted by atomic mass is 15.2. The Morgan fingerprint density at radius 3 is 2.17 bits per heavy atom. The van der Waals surface area contributed by atoms with E-state index in [1.807, 2.05) is 0 Å².